The molecule has 2 heteroatoms. The van der Waals surface area contributed by atoms with Crippen molar-refractivity contribution in [1.82, 2.24) is 0 Å². The van der Waals surface area contributed by atoms with Gasteiger partial charge in [-0.05, 0) is 0 Å². The van der Waals surface area contributed by atoms with Crippen LogP contribution in [0.1, 0.15) is 6.92 Å². The molecule has 0 aliphatic carbocycles. The van der Waals surface area contributed by atoms with Gasteiger partial charge in [-0.15, -0.1) is 0 Å². The van der Waals surface area contributed by atoms with Gasteiger partial charge in [0.05, 0.1) is 0 Å². The standard InChI is InChI=1S/C3H7O.K/c1-3(2)4;/h3-4H,1H2,2H3;. The van der Waals surface area contributed by atoms with Crippen LogP contribution in [-0.4, -0.2) is 60.2 Å². The molecule has 0 saturated heterocycles. The van der Waals surface area contributed by atoms with Gasteiger partial charge < -0.3 is 0 Å². The van der Waals surface area contributed by atoms with E-state index in [1.54, 1.807) is 0 Å². The summed E-state index contributed by atoms with van der Waals surface area (Å²) >= 11 is 0.834. The second kappa shape index (κ2) is 3.78. The van der Waals surface area contributed by atoms with Crippen LogP contribution in [0.5, 0.6) is 0 Å². The van der Waals surface area contributed by atoms with Crippen LogP contribution in [0.4, 0.5) is 0 Å². The van der Waals surface area contributed by atoms with Crippen LogP contribution >= 0.6 is 0 Å². The van der Waals surface area contributed by atoms with Crippen LogP contribution in [0.3, 0.4) is 0 Å². The first-order valence-corrected chi connectivity index (χ1v) is 4.16. The Morgan fingerprint density at radius 1 is 2.00 bits per heavy atom. The molecule has 1 N–H and O–H groups in total. The second-order valence-corrected chi connectivity index (χ2v) is 2.53. The van der Waals surface area contributed by atoms with Crippen molar-refractivity contribution >= 4 is 49.0 Å². The van der Waals surface area contributed by atoms with Crippen LogP contribution in [0.2, 0.25) is 0.515 Å². The van der Waals surface area contributed by atoms with E-state index in [9.17, 15) is 0 Å². The topological polar surface area (TPSA) is 20.2 Å². The van der Waals surface area contributed by atoms with Crippen molar-refractivity contribution in [3.63, 3.8) is 0 Å². The fourth-order valence-electron chi connectivity index (χ4n) is 0. The van der Waals surface area contributed by atoms with Crippen molar-refractivity contribution in [3.8, 4) is 0 Å². The summed E-state index contributed by atoms with van der Waals surface area (Å²) in [6.45, 7) is 1.82. The van der Waals surface area contributed by atoms with Gasteiger partial charge in [-0.2, -0.15) is 0 Å². The van der Waals surface area contributed by atoms with Crippen LogP contribution < -0.4 is 0 Å². The van der Waals surface area contributed by atoms with E-state index >= 15 is 0 Å². The van der Waals surface area contributed by atoms with E-state index in [-0.39, 0.29) is 6.10 Å². The van der Waals surface area contributed by atoms with Gasteiger partial charge in [-0.3, -0.25) is 0 Å². The Labute approximate surface area is 66.3 Å². The molecule has 0 heterocycles. The van der Waals surface area contributed by atoms with E-state index < -0.39 is 0 Å². The first kappa shape index (κ1) is 6.60. The molecule has 0 aliphatic rings. The van der Waals surface area contributed by atoms with Crippen LogP contribution in [0.15, 0.2) is 0 Å². The Kier molecular flexibility index (Phi) is 4.98. The van der Waals surface area contributed by atoms with Crippen molar-refractivity contribution in [1.29, 1.82) is 0 Å². The van der Waals surface area contributed by atoms with Gasteiger partial charge in [0.1, 0.15) is 0 Å². The van der Waals surface area contributed by atoms with Crippen molar-refractivity contribution in [2.45, 2.75) is 13.5 Å². The summed E-state index contributed by atoms with van der Waals surface area (Å²) in [5.74, 6) is 0. The van der Waals surface area contributed by atoms with Gasteiger partial charge in [0.2, 0.25) is 0 Å². The normalized spacial score (nSPS) is 15.2. The molecular formula is C3H7KO. The van der Waals surface area contributed by atoms with E-state index in [2.05, 4.69) is 0 Å². The predicted octanol–water partition coefficient (Wildman–Crippen LogP) is -0.0460. The Morgan fingerprint density at radius 3 is 2.20 bits per heavy atom. The molecule has 0 aromatic rings. The van der Waals surface area contributed by atoms with Crippen molar-refractivity contribution in [3.05, 3.63) is 0 Å². The summed E-state index contributed by atoms with van der Waals surface area (Å²) in [5, 5.41) is 8.41. The summed E-state index contributed by atoms with van der Waals surface area (Å²) in [6, 6.07) is 0. The maximum absolute atomic E-state index is 8.41. The predicted molar refractivity (Wildman–Crippen MR) is 22.2 cm³/mol. The van der Waals surface area contributed by atoms with Gasteiger partial charge in [-0.1, -0.05) is 0 Å². The minimum atomic E-state index is -0.0324. The number of aliphatic hydroxyl groups excluding tert-OH is 1. The molecule has 0 aromatic heterocycles. The molecule has 0 amide bonds. The zero-order valence-corrected chi connectivity index (χ0v) is 6.85. The monoisotopic (exact) mass is 98.0 g/mol. The molecule has 0 radical (unpaired) electrons. The summed E-state index contributed by atoms with van der Waals surface area (Å²) in [5.41, 5.74) is 0. The van der Waals surface area contributed by atoms with Gasteiger partial charge in [0, 0.05) is 0 Å². The Hall–Kier alpha value is 1.60. The number of hydrogen-bond donors (Lipinski definition) is 1. The van der Waals surface area contributed by atoms with Crippen molar-refractivity contribution < 1.29 is 5.11 Å². The third-order valence-electron chi connectivity index (χ3n) is 0.591. The second-order valence-electron chi connectivity index (χ2n) is 1.26. The molecule has 0 rings (SSSR count). The Bertz CT molecular complexity index is 20.9. The molecule has 1 atom stereocenters. The summed E-state index contributed by atoms with van der Waals surface area (Å²) < 4.78 is 1.05. The number of aliphatic hydroxyl groups is 1. The molecule has 5 heavy (non-hydrogen) atoms. The first-order chi connectivity index (χ1) is 2.27. The third kappa shape index (κ3) is 5.60. The molecule has 1 unspecified atom stereocenters. The molecule has 0 saturated carbocycles. The van der Waals surface area contributed by atoms with E-state index in [4.69, 9.17) is 5.11 Å². The summed E-state index contributed by atoms with van der Waals surface area (Å²) in [4.78, 5) is 0. The Balaban J connectivity index is 2.54. The molecule has 1 nitrogen and oxygen atoms in total. The molecule has 0 aromatic carbocycles. The van der Waals surface area contributed by atoms with Crippen LogP contribution in [0.25, 0.3) is 0 Å². The fraction of sp³-hybridized carbons (Fsp3) is 1.00. The fourth-order valence-corrected chi connectivity index (χ4v) is 0. The van der Waals surface area contributed by atoms with Gasteiger partial charge in [0.15, 0.2) is 0 Å². The molecule has 0 aliphatic heterocycles. The molecule has 0 spiro atoms. The zero-order valence-electron chi connectivity index (χ0n) is 3.73. The molecule has 0 fully saturated rings. The Morgan fingerprint density at radius 2 is 2.20 bits per heavy atom. The average Bonchev–Trinajstić information content (AvgIpc) is 1.38. The van der Waals surface area contributed by atoms with Crippen LogP contribution in [0, 0.1) is 0 Å². The number of hydrogen-bond acceptors (Lipinski definition) is 1. The maximum atomic E-state index is 8.41. The average molecular weight is 98.2 g/mol. The van der Waals surface area contributed by atoms with E-state index in [0.717, 1.165) is 49.5 Å². The number of rotatable bonds is 1. The van der Waals surface area contributed by atoms with E-state index in [0.29, 0.717) is 0 Å². The third-order valence-corrected chi connectivity index (χ3v) is 2.44. The molecular weight excluding hydrogens is 91.1 g/mol. The van der Waals surface area contributed by atoms with Crippen molar-refractivity contribution in [2.75, 3.05) is 0 Å². The van der Waals surface area contributed by atoms with Gasteiger partial charge in [-0.25, -0.2) is 0 Å². The quantitative estimate of drug-likeness (QED) is 0.456. The van der Waals surface area contributed by atoms with Crippen molar-refractivity contribution in [2.24, 2.45) is 0 Å². The minimum absolute atomic E-state index is 0.0324. The SMILES string of the molecule is CC(O)[CH2][K]. The van der Waals surface area contributed by atoms with Crippen LogP contribution in [-0.2, 0) is 0 Å². The summed E-state index contributed by atoms with van der Waals surface area (Å²) in [6.07, 6.45) is -0.0324. The summed E-state index contributed by atoms with van der Waals surface area (Å²) in [7, 11) is 0. The van der Waals surface area contributed by atoms with E-state index in [1.807, 2.05) is 6.92 Å². The van der Waals surface area contributed by atoms with E-state index in [1.165, 1.54) is 0 Å². The van der Waals surface area contributed by atoms with Gasteiger partial charge in [0.25, 0.3) is 0 Å². The molecule has 26 valence electrons. The first-order valence-electron chi connectivity index (χ1n) is 1.95. The zero-order chi connectivity index (χ0) is 4.28. The molecule has 0 bridgehead atoms. The van der Waals surface area contributed by atoms with Gasteiger partial charge >= 0.3 is 67.6 Å².